The first kappa shape index (κ1) is 15.9. The van der Waals surface area contributed by atoms with Gasteiger partial charge in [-0.1, -0.05) is 69.9 Å². The van der Waals surface area contributed by atoms with Crippen LogP contribution in [0.4, 0.5) is 0 Å². The molecule has 0 N–H and O–H groups in total. The van der Waals surface area contributed by atoms with E-state index in [1.54, 1.807) is 0 Å². The van der Waals surface area contributed by atoms with Crippen LogP contribution >= 0.6 is 0 Å². The number of carbonyl (C=O) groups excluding carboxylic acids is 1. The predicted molar refractivity (Wildman–Crippen MR) is 82.3 cm³/mol. The second-order valence-corrected chi connectivity index (χ2v) is 5.56. The second-order valence-electron chi connectivity index (χ2n) is 5.56. The smallest absolute Gasteiger partial charge is 0.135 e. The zero-order valence-electron chi connectivity index (χ0n) is 12.5. The van der Waals surface area contributed by atoms with Gasteiger partial charge in [0.1, 0.15) is 5.78 Å². The molecular formula is C18H28O. The first-order valence-electron chi connectivity index (χ1n) is 7.80. The molecule has 0 radical (unpaired) electrons. The van der Waals surface area contributed by atoms with Crippen molar-refractivity contribution >= 4 is 5.78 Å². The highest BCUT2D eigenvalue weighted by Crippen LogP contribution is 2.14. The quantitative estimate of drug-likeness (QED) is 0.529. The Bertz CT molecular complexity index is 342. The Kier molecular flexibility index (Phi) is 8.20. The molecule has 1 atom stereocenters. The average Bonchev–Trinajstić information content (AvgIpc) is 2.45. The van der Waals surface area contributed by atoms with Gasteiger partial charge in [-0.3, -0.25) is 4.79 Å². The van der Waals surface area contributed by atoms with Crippen LogP contribution in [0.2, 0.25) is 0 Å². The van der Waals surface area contributed by atoms with Crippen LogP contribution in [-0.2, 0) is 11.2 Å². The Morgan fingerprint density at radius 1 is 1.05 bits per heavy atom. The lowest BCUT2D eigenvalue weighted by atomic mass is 9.94. The van der Waals surface area contributed by atoms with Crippen molar-refractivity contribution in [3.05, 3.63) is 35.9 Å². The summed E-state index contributed by atoms with van der Waals surface area (Å²) in [6.45, 7) is 4.30. The second kappa shape index (κ2) is 9.77. The molecule has 0 bridgehead atoms. The maximum atomic E-state index is 12.0. The number of Topliss-reactive ketones (excluding diaryl/α,β-unsaturated/α-hetero) is 1. The van der Waals surface area contributed by atoms with E-state index in [1.807, 2.05) is 6.07 Å². The molecule has 1 aromatic carbocycles. The fourth-order valence-corrected chi connectivity index (χ4v) is 2.34. The summed E-state index contributed by atoms with van der Waals surface area (Å²) in [5, 5.41) is 0. The number of unbranched alkanes of at least 4 members (excludes halogenated alkanes) is 4. The Balaban J connectivity index is 2.14. The molecule has 1 nitrogen and oxygen atoms in total. The van der Waals surface area contributed by atoms with Crippen molar-refractivity contribution in [1.82, 2.24) is 0 Å². The minimum Gasteiger partial charge on any atom is -0.299 e. The van der Waals surface area contributed by atoms with Crippen molar-refractivity contribution in [2.45, 2.75) is 65.2 Å². The van der Waals surface area contributed by atoms with Crippen LogP contribution in [0.25, 0.3) is 0 Å². The van der Waals surface area contributed by atoms with Gasteiger partial charge in [-0.05, 0) is 24.8 Å². The van der Waals surface area contributed by atoms with Crippen LogP contribution in [0.15, 0.2) is 30.3 Å². The molecule has 0 aliphatic carbocycles. The Morgan fingerprint density at radius 2 is 1.74 bits per heavy atom. The molecule has 0 spiro atoms. The summed E-state index contributed by atoms with van der Waals surface area (Å²) < 4.78 is 0. The van der Waals surface area contributed by atoms with Crippen molar-refractivity contribution < 1.29 is 4.79 Å². The van der Waals surface area contributed by atoms with Gasteiger partial charge >= 0.3 is 0 Å². The van der Waals surface area contributed by atoms with Crippen molar-refractivity contribution in [3.63, 3.8) is 0 Å². The third kappa shape index (κ3) is 7.15. The number of aryl methyl sites for hydroxylation is 1. The molecule has 1 rings (SSSR count). The normalized spacial score (nSPS) is 12.3. The van der Waals surface area contributed by atoms with Crippen LogP contribution in [0.5, 0.6) is 0 Å². The van der Waals surface area contributed by atoms with Crippen molar-refractivity contribution in [3.8, 4) is 0 Å². The summed E-state index contributed by atoms with van der Waals surface area (Å²) in [6.07, 6.45) is 8.92. The van der Waals surface area contributed by atoms with E-state index < -0.39 is 0 Å². The van der Waals surface area contributed by atoms with Gasteiger partial charge in [-0.15, -0.1) is 0 Å². The average molecular weight is 260 g/mol. The molecule has 0 unspecified atom stereocenters. The molecule has 0 fully saturated rings. The highest BCUT2D eigenvalue weighted by molar-refractivity contribution is 5.80. The lowest BCUT2D eigenvalue weighted by Crippen LogP contribution is -2.11. The van der Waals surface area contributed by atoms with Crippen LogP contribution in [-0.4, -0.2) is 5.78 Å². The highest BCUT2D eigenvalue weighted by Gasteiger charge is 2.12. The number of rotatable bonds is 10. The number of benzene rings is 1. The highest BCUT2D eigenvalue weighted by atomic mass is 16.1. The van der Waals surface area contributed by atoms with Gasteiger partial charge in [-0.2, -0.15) is 0 Å². The van der Waals surface area contributed by atoms with Crippen LogP contribution < -0.4 is 0 Å². The van der Waals surface area contributed by atoms with Gasteiger partial charge in [0.05, 0.1) is 0 Å². The lowest BCUT2D eigenvalue weighted by molar-refractivity contribution is -0.122. The number of carbonyl (C=O) groups is 1. The fraction of sp³-hybridized carbons (Fsp3) is 0.611. The summed E-state index contributed by atoms with van der Waals surface area (Å²) in [6, 6.07) is 10.4. The summed E-state index contributed by atoms with van der Waals surface area (Å²) in [4.78, 5) is 12.0. The van der Waals surface area contributed by atoms with Crippen molar-refractivity contribution in [1.29, 1.82) is 0 Å². The minimum absolute atomic E-state index is 0.214. The predicted octanol–water partition coefficient (Wildman–Crippen LogP) is 5.18. The molecule has 0 aromatic heterocycles. The first-order chi connectivity index (χ1) is 9.24. The maximum Gasteiger partial charge on any atom is 0.135 e. The largest absolute Gasteiger partial charge is 0.299 e. The third-order valence-electron chi connectivity index (χ3n) is 3.79. The SMILES string of the molecule is CCCCCCCC(=O)[C@@H](C)CCc1ccccc1. The van der Waals surface area contributed by atoms with Crippen LogP contribution in [0.1, 0.15) is 64.4 Å². The van der Waals surface area contributed by atoms with Gasteiger partial charge in [0, 0.05) is 12.3 Å². The summed E-state index contributed by atoms with van der Waals surface area (Å²) >= 11 is 0. The van der Waals surface area contributed by atoms with E-state index in [9.17, 15) is 4.79 Å². The number of hydrogen-bond acceptors (Lipinski definition) is 1. The van der Waals surface area contributed by atoms with E-state index in [-0.39, 0.29) is 5.92 Å². The van der Waals surface area contributed by atoms with Crippen molar-refractivity contribution in [2.75, 3.05) is 0 Å². The zero-order chi connectivity index (χ0) is 13.9. The number of hydrogen-bond donors (Lipinski definition) is 0. The van der Waals surface area contributed by atoms with E-state index in [1.165, 1.54) is 31.2 Å². The molecule has 0 aliphatic rings. The Hall–Kier alpha value is -1.11. The molecule has 0 saturated heterocycles. The Morgan fingerprint density at radius 3 is 2.42 bits per heavy atom. The van der Waals surface area contributed by atoms with E-state index in [0.717, 1.165) is 25.7 Å². The van der Waals surface area contributed by atoms with E-state index in [2.05, 4.69) is 38.1 Å². The summed E-state index contributed by atoms with van der Waals surface area (Å²) in [5.74, 6) is 0.666. The van der Waals surface area contributed by atoms with Crippen LogP contribution in [0, 0.1) is 5.92 Å². The van der Waals surface area contributed by atoms with Gasteiger partial charge in [0.2, 0.25) is 0 Å². The zero-order valence-corrected chi connectivity index (χ0v) is 12.5. The van der Waals surface area contributed by atoms with Crippen molar-refractivity contribution in [2.24, 2.45) is 5.92 Å². The molecule has 106 valence electrons. The fourth-order valence-electron chi connectivity index (χ4n) is 2.34. The Labute approximate surface area is 118 Å². The minimum atomic E-state index is 0.214. The molecule has 1 aromatic rings. The van der Waals surface area contributed by atoms with Gasteiger partial charge in [-0.25, -0.2) is 0 Å². The molecule has 0 heterocycles. The molecular weight excluding hydrogens is 232 g/mol. The molecule has 1 heteroatoms. The van der Waals surface area contributed by atoms with Gasteiger partial charge in [0.15, 0.2) is 0 Å². The van der Waals surface area contributed by atoms with Crippen LogP contribution in [0.3, 0.4) is 0 Å². The first-order valence-corrected chi connectivity index (χ1v) is 7.80. The maximum absolute atomic E-state index is 12.0. The van der Waals surface area contributed by atoms with E-state index >= 15 is 0 Å². The standard InChI is InChI=1S/C18H28O/c1-3-4-5-6-10-13-18(19)16(2)14-15-17-11-8-7-9-12-17/h7-9,11-12,16H,3-6,10,13-15H2,1-2H3/t16-/m0/s1. The third-order valence-corrected chi connectivity index (χ3v) is 3.79. The number of ketones is 1. The molecule has 0 aliphatic heterocycles. The summed E-state index contributed by atoms with van der Waals surface area (Å²) in [7, 11) is 0. The van der Waals surface area contributed by atoms with E-state index in [4.69, 9.17) is 0 Å². The van der Waals surface area contributed by atoms with Gasteiger partial charge in [0.25, 0.3) is 0 Å². The molecule has 0 saturated carbocycles. The summed E-state index contributed by atoms with van der Waals surface area (Å²) in [5.41, 5.74) is 1.34. The lowest BCUT2D eigenvalue weighted by Gasteiger charge is -2.10. The topological polar surface area (TPSA) is 17.1 Å². The van der Waals surface area contributed by atoms with Gasteiger partial charge < -0.3 is 0 Å². The van der Waals surface area contributed by atoms with E-state index in [0.29, 0.717) is 5.78 Å². The molecule has 0 amide bonds. The monoisotopic (exact) mass is 260 g/mol. The molecule has 19 heavy (non-hydrogen) atoms.